The van der Waals surface area contributed by atoms with Gasteiger partial charge in [-0.15, -0.1) is 11.3 Å². The Morgan fingerprint density at radius 1 is 1.08 bits per heavy atom. The van der Waals surface area contributed by atoms with Crippen molar-refractivity contribution in [1.29, 1.82) is 0 Å². The predicted octanol–water partition coefficient (Wildman–Crippen LogP) is 4.79. The van der Waals surface area contributed by atoms with E-state index >= 15 is 0 Å². The Morgan fingerprint density at radius 2 is 1.88 bits per heavy atom. The molecule has 1 aliphatic rings. The van der Waals surface area contributed by atoms with E-state index in [1.54, 1.807) is 18.2 Å². The number of nitrogens with zero attached hydrogens (tertiary/aromatic N) is 1. The van der Waals surface area contributed by atoms with E-state index in [1.807, 2.05) is 29.6 Å². The minimum Gasteiger partial charge on any atom is -0.454 e. The van der Waals surface area contributed by atoms with E-state index < -0.39 is 0 Å². The summed E-state index contributed by atoms with van der Waals surface area (Å²) in [5.74, 6) is 1.29. The first-order valence-corrected chi connectivity index (χ1v) is 9.32. The SMILES string of the molecule is O=C(Nc1ccc2c(c1)OCO2)Nc1nc(-c2ccc(I)cc2)cs1. The molecular weight excluding hydrogens is 453 g/mol. The fourth-order valence-electron chi connectivity index (χ4n) is 2.32. The highest BCUT2D eigenvalue weighted by Crippen LogP contribution is 2.34. The lowest BCUT2D eigenvalue weighted by atomic mass is 10.2. The predicted molar refractivity (Wildman–Crippen MR) is 105 cm³/mol. The van der Waals surface area contributed by atoms with Crippen molar-refractivity contribution in [1.82, 2.24) is 4.98 Å². The smallest absolute Gasteiger partial charge is 0.325 e. The summed E-state index contributed by atoms with van der Waals surface area (Å²) in [5, 5.41) is 7.95. The number of carbonyl (C=O) groups excluding carboxylic acids is 1. The number of hydrogen-bond acceptors (Lipinski definition) is 5. The lowest BCUT2D eigenvalue weighted by Gasteiger charge is -2.06. The average Bonchev–Trinajstić information content (AvgIpc) is 3.24. The molecule has 1 aromatic heterocycles. The van der Waals surface area contributed by atoms with Crippen LogP contribution >= 0.6 is 33.9 Å². The molecule has 2 heterocycles. The zero-order chi connectivity index (χ0) is 17.2. The third kappa shape index (κ3) is 3.69. The lowest BCUT2D eigenvalue weighted by Crippen LogP contribution is -2.19. The molecule has 126 valence electrons. The number of anilines is 2. The van der Waals surface area contributed by atoms with E-state index in [-0.39, 0.29) is 12.8 Å². The number of ether oxygens (including phenoxy) is 2. The van der Waals surface area contributed by atoms with Gasteiger partial charge in [0.05, 0.1) is 5.69 Å². The number of benzene rings is 2. The van der Waals surface area contributed by atoms with Crippen molar-refractivity contribution >= 4 is 50.8 Å². The van der Waals surface area contributed by atoms with Crippen LogP contribution in [0.5, 0.6) is 11.5 Å². The molecule has 0 bridgehead atoms. The topological polar surface area (TPSA) is 72.5 Å². The van der Waals surface area contributed by atoms with Crippen LogP contribution in [0, 0.1) is 3.57 Å². The maximum absolute atomic E-state index is 12.1. The highest BCUT2D eigenvalue weighted by atomic mass is 127. The van der Waals surface area contributed by atoms with Crippen LogP contribution in [0.3, 0.4) is 0 Å². The van der Waals surface area contributed by atoms with E-state index in [1.165, 1.54) is 11.3 Å². The van der Waals surface area contributed by atoms with Crippen LogP contribution in [0.1, 0.15) is 0 Å². The van der Waals surface area contributed by atoms with Gasteiger partial charge in [-0.3, -0.25) is 5.32 Å². The molecule has 25 heavy (non-hydrogen) atoms. The van der Waals surface area contributed by atoms with E-state index in [4.69, 9.17) is 9.47 Å². The molecule has 0 radical (unpaired) electrons. The number of amides is 2. The van der Waals surface area contributed by atoms with Crippen LogP contribution in [0.2, 0.25) is 0 Å². The highest BCUT2D eigenvalue weighted by molar-refractivity contribution is 14.1. The van der Waals surface area contributed by atoms with Gasteiger partial charge in [-0.05, 0) is 46.9 Å². The first kappa shape index (κ1) is 16.2. The van der Waals surface area contributed by atoms with Crippen molar-refractivity contribution in [2.75, 3.05) is 17.4 Å². The lowest BCUT2D eigenvalue weighted by molar-refractivity contribution is 0.174. The fourth-order valence-corrected chi connectivity index (χ4v) is 3.39. The molecule has 0 saturated carbocycles. The second-order valence-electron chi connectivity index (χ2n) is 5.19. The van der Waals surface area contributed by atoms with Crippen LogP contribution in [0.15, 0.2) is 47.8 Å². The number of rotatable bonds is 3. The summed E-state index contributed by atoms with van der Waals surface area (Å²) in [7, 11) is 0. The van der Waals surface area contributed by atoms with Crippen LogP contribution in [-0.2, 0) is 0 Å². The van der Waals surface area contributed by atoms with Gasteiger partial charge in [-0.25, -0.2) is 9.78 Å². The molecule has 0 unspecified atom stereocenters. The third-order valence-corrected chi connectivity index (χ3v) is 4.97. The Morgan fingerprint density at radius 3 is 2.72 bits per heavy atom. The number of nitrogens with one attached hydrogen (secondary N) is 2. The number of fused-ring (bicyclic) bond motifs is 1. The number of hydrogen-bond donors (Lipinski definition) is 2. The molecule has 0 saturated heterocycles. The van der Waals surface area contributed by atoms with Gasteiger partial charge < -0.3 is 14.8 Å². The molecule has 8 heteroatoms. The molecule has 0 aliphatic carbocycles. The summed E-state index contributed by atoms with van der Waals surface area (Å²) in [4.78, 5) is 16.6. The largest absolute Gasteiger partial charge is 0.454 e. The Bertz CT molecular complexity index is 927. The van der Waals surface area contributed by atoms with Crippen LogP contribution < -0.4 is 20.1 Å². The second-order valence-corrected chi connectivity index (χ2v) is 7.30. The normalized spacial score (nSPS) is 12.0. The fraction of sp³-hybridized carbons (Fsp3) is 0.0588. The molecular formula is C17H12IN3O3S. The number of urea groups is 1. The van der Waals surface area contributed by atoms with Gasteiger partial charge in [0.1, 0.15) is 0 Å². The van der Waals surface area contributed by atoms with E-state index in [0.717, 1.165) is 14.8 Å². The van der Waals surface area contributed by atoms with Crippen molar-refractivity contribution in [2.45, 2.75) is 0 Å². The summed E-state index contributed by atoms with van der Waals surface area (Å²) < 4.78 is 11.7. The van der Waals surface area contributed by atoms with Crippen LogP contribution in [-0.4, -0.2) is 17.8 Å². The maximum Gasteiger partial charge on any atom is 0.325 e. The molecule has 0 spiro atoms. The molecule has 3 aromatic rings. The molecule has 4 rings (SSSR count). The monoisotopic (exact) mass is 465 g/mol. The molecule has 2 N–H and O–H groups in total. The van der Waals surface area contributed by atoms with Crippen LogP contribution in [0.4, 0.5) is 15.6 Å². The number of carbonyl (C=O) groups is 1. The Balaban J connectivity index is 1.42. The van der Waals surface area contributed by atoms with Crippen molar-refractivity contribution in [2.24, 2.45) is 0 Å². The Labute approximate surface area is 161 Å². The molecule has 1 aliphatic heterocycles. The second kappa shape index (κ2) is 6.89. The minimum atomic E-state index is -0.359. The number of aromatic nitrogens is 1. The van der Waals surface area contributed by atoms with Gasteiger partial charge in [-0.2, -0.15) is 0 Å². The van der Waals surface area contributed by atoms with Gasteiger partial charge in [0.15, 0.2) is 16.6 Å². The van der Waals surface area contributed by atoms with Crippen LogP contribution in [0.25, 0.3) is 11.3 Å². The maximum atomic E-state index is 12.1. The molecule has 6 nitrogen and oxygen atoms in total. The van der Waals surface area contributed by atoms with Crippen molar-refractivity contribution in [3.05, 3.63) is 51.4 Å². The van der Waals surface area contributed by atoms with Gasteiger partial charge in [0, 0.05) is 26.3 Å². The minimum absolute atomic E-state index is 0.200. The summed E-state index contributed by atoms with van der Waals surface area (Å²) in [6.45, 7) is 0.200. The third-order valence-electron chi connectivity index (χ3n) is 3.50. The van der Waals surface area contributed by atoms with Gasteiger partial charge >= 0.3 is 6.03 Å². The van der Waals surface area contributed by atoms with Crippen molar-refractivity contribution in [3.8, 4) is 22.8 Å². The quantitative estimate of drug-likeness (QED) is 0.546. The number of thiazole rings is 1. The first-order chi connectivity index (χ1) is 12.2. The average molecular weight is 465 g/mol. The molecule has 0 fully saturated rings. The summed E-state index contributed by atoms with van der Waals surface area (Å²) in [6, 6.07) is 12.9. The van der Waals surface area contributed by atoms with E-state index in [9.17, 15) is 4.79 Å². The van der Waals surface area contributed by atoms with Gasteiger partial charge in [0.25, 0.3) is 0 Å². The summed E-state index contributed by atoms with van der Waals surface area (Å²) >= 11 is 3.64. The summed E-state index contributed by atoms with van der Waals surface area (Å²) in [5.41, 5.74) is 2.47. The standard InChI is InChI=1S/C17H12IN3O3S/c18-11-3-1-10(2-4-11)13-8-25-17(20-13)21-16(22)19-12-5-6-14-15(7-12)24-9-23-14/h1-8H,9H2,(H2,19,20,21,22). The molecule has 2 aromatic carbocycles. The van der Waals surface area contributed by atoms with Gasteiger partial charge in [-0.1, -0.05) is 12.1 Å². The Hall–Kier alpha value is -2.33. The summed E-state index contributed by atoms with van der Waals surface area (Å²) in [6.07, 6.45) is 0. The zero-order valence-electron chi connectivity index (χ0n) is 12.8. The molecule has 2 amide bonds. The van der Waals surface area contributed by atoms with Gasteiger partial charge in [0.2, 0.25) is 6.79 Å². The van der Waals surface area contributed by atoms with Crippen molar-refractivity contribution in [3.63, 3.8) is 0 Å². The highest BCUT2D eigenvalue weighted by Gasteiger charge is 2.14. The molecule has 0 atom stereocenters. The Kier molecular flexibility index (Phi) is 4.45. The van der Waals surface area contributed by atoms with Crippen molar-refractivity contribution < 1.29 is 14.3 Å². The number of halogens is 1. The van der Waals surface area contributed by atoms with E-state index in [0.29, 0.717) is 22.3 Å². The van der Waals surface area contributed by atoms with E-state index in [2.05, 4.69) is 38.2 Å². The first-order valence-electron chi connectivity index (χ1n) is 7.36. The zero-order valence-corrected chi connectivity index (χ0v) is 15.8.